The molecule has 5 rings (SSSR count). The van der Waals surface area contributed by atoms with Gasteiger partial charge in [0.15, 0.2) is 5.71 Å². The van der Waals surface area contributed by atoms with E-state index in [2.05, 4.69) is 24.5 Å². The van der Waals surface area contributed by atoms with E-state index >= 15 is 0 Å². The van der Waals surface area contributed by atoms with E-state index in [0.717, 1.165) is 35.5 Å². The molecule has 2 aromatic carbocycles. The number of carboxylic acids is 1. The van der Waals surface area contributed by atoms with Gasteiger partial charge in [0, 0.05) is 53.9 Å². The largest absolute Gasteiger partial charge is 0.744 e. The topological polar surface area (TPSA) is 138 Å². The minimum atomic E-state index is -4.64. The molecule has 10 heteroatoms. The number of likely N-dealkylation sites (N-methyl/N-ethyl adjacent to an activating group) is 1. The van der Waals surface area contributed by atoms with Crippen LogP contribution in [0.15, 0.2) is 82.1 Å². The number of rotatable bonds is 10. The summed E-state index contributed by atoms with van der Waals surface area (Å²) in [5, 5.41) is 20.2. The van der Waals surface area contributed by atoms with Gasteiger partial charge in [-0.2, -0.15) is 4.58 Å². The van der Waals surface area contributed by atoms with Crippen LogP contribution in [-0.4, -0.2) is 58.3 Å². The van der Waals surface area contributed by atoms with E-state index in [4.69, 9.17) is 5.11 Å². The van der Waals surface area contributed by atoms with E-state index in [1.54, 1.807) is 18.2 Å². The number of aliphatic carboxylic acids is 1. The second kappa shape index (κ2) is 11.2. The van der Waals surface area contributed by atoms with E-state index < -0.39 is 26.9 Å². The maximum absolute atomic E-state index is 13.6. The Morgan fingerprint density at radius 3 is 2.34 bits per heavy atom. The number of hydrogen-bond donors (Lipinski definition) is 2. The molecule has 3 aliphatic rings. The van der Waals surface area contributed by atoms with Gasteiger partial charge in [-0.3, -0.25) is 9.59 Å². The number of nitrogens with zero attached hydrogens (tertiary/aromatic N) is 2. The summed E-state index contributed by atoms with van der Waals surface area (Å²) < 4.78 is 37.3. The molecule has 0 fully saturated rings. The molecule has 0 unspecified atom stereocenters. The van der Waals surface area contributed by atoms with Crippen molar-refractivity contribution in [3.05, 3.63) is 88.3 Å². The van der Waals surface area contributed by atoms with E-state index in [-0.39, 0.29) is 34.0 Å². The smallest absolute Gasteiger partial charge is 0.303 e. The lowest BCUT2D eigenvalue weighted by atomic mass is 9.77. The molecule has 9 nitrogen and oxygen atoms in total. The summed E-state index contributed by atoms with van der Waals surface area (Å²) in [5.74, 6) is -1.20. The molecule has 0 aromatic heterocycles. The van der Waals surface area contributed by atoms with Gasteiger partial charge in [-0.05, 0) is 63.5 Å². The summed E-state index contributed by atoms with van der Waals surface area (Å²) in [4.78, 5) is 26.2. The van der Waals surface area contributed by atoms with Crippen LogP contribution in [0.2, 0.25) is 0 Å². The number of Topliss-reactive ketones (excluding diaryl/α,β-unsaturated/α-hetero) is 1. The summed E-state index contributed by atoms with van der Waals surface area (Å²) in [7, 11) is -4.64. The molecule has 44 heavy (non-hydrogen) atoms. The molecule has 0 bridgehead atoms. The van der Waals surface area contributed by atoms with Crippen LogP contribution in [0, 0.1) is 0 Å². The molecule has 1 aliphatic carbocycles. The summed E-state index contributed by atoms with van der Waals surface area (Å²) in [6, 6.07) is 12.4. The van der Waals surface area contributed by atoms with E-state index in [0.29, 0.717) is 30.8 Å². The number of carbonyl (C=O) groups excluding carboxylic acids is 1. The van der Waals surface area contributed by atoms with Gasteiger partial charge < -0.3 is 19.7 Å². The average Bonchev–Trinajstić information content (AvgIpc) is 3.31. The van der Waals surface area contributed by atoms with Gasteiger partial charge in [0.1, 0.15) is 22.4 Å². The quantitative estimate of drug-likeness (QED) is 0.151. The first-order chi connectivity index (χ1) is 20.6. The van der Waals surface area contributed by atoms with Crippen molar-refractivity contribution in [1.29, 1.82) is 0 Å². The molecule has 2 aromatic rings. The fourth-order valence-electron chi connectivity index (χ4n) is 6.66. The van der Waals surface area contributed by atoms with Crippen LogP contribution in [0.3, 0.4) is 0 Å². The summed E-state index contributed by atoms with van der Waals surface area (Å²) >= 11 is 0. The van der Waals surface area contributed by atoms with Crippen LogP contribution in [-0.2, 0) is 30.5 Å². The Bertz CT molecular complexity index is 1810. The van der Waals surface area contributed by atoms with Crippen LogP contribution >= 0.6 is 0 Å². The summed E-state index contributed by atoms with van der Waals surface area (Å²) in [5.41, 5.74) is 4.37. The number of para-hydroxylation sites is 1. The second-order valence-corrected chi connectivity index (χ2v) is 13.9. The number of aliphatic hydroxyl groups excluding tert-OH is 1. The molecule has 0 atom stereocenters. The van der Waals surface area contributed by atoms with Gasteiger partial charge in [0.25, 0.3) is 0 Å². The normalized spacial score (nSPS) is 20.4. The Kier molecular flexibility index (Phi) is 7.97. The lowest BCUT2D eigenvalue weighted by molar-refractivity contribution is -0.438. The summed E-state index contributed by atoms with van der Waals surface area (Å²) in [6.45, 7) is 11.1. The predicted molar refractivity (Wildman–Crippen MR) is 167 cm³/mol. The Morgan fingerprint density at radius 1 is 1.00 bits per heavy atom. The minimum Gasteiger partial charge on any atom is -0.744 e. The van der Waals surface area contributed by atoms with Crippen molar-refractivity contribution in [1.82, 2.24) is 0 Å². The molecule has 232 valence electrons. The lowest BCUT2D eigenvalue weighted by Crippen LogP contribution is -2.32. The average molecular weight is 619 g/mol. The molecule has 2 aliphatic heterocycles. The molecule has 2 heterocycles. The van der Waals surface area contributed by atoms with Crippen LogP contribution in [0.4, 0.5) is 11.4 Å². The van der Waals surface area contributed by atoms with Crippen molar-refractivity contribution in [2.45, 2.75) is 76.0 Å². The van der Waals surface area contributed by atoms with Gasteiger partial charge in [0.05, 0.1) is 21.5 Å². The van der Waals surface area contributed by atoms with Crippen molar-refractivity contribution in [2.75, 3.05) is 18.0 Å². The summed E-state index contributed by atoms with van der Waals surface area (Å²) in [6.07, 6.45) is 5.69. The van der Waals surface area contributed by atoms with Crippen molar-refractivity contribution >= 4 is 39.0 Å². The third-order valence-electron chi connectivity index (χ3n) is 9.10. The molecular formula is C34H38N2O7S. The Labute approximate surface area is 258 Å². The number of unbranched alkanes of at least 4 members (excludes halogenated alkanes) is 2. The van der Waals surface area contributed by atoms with Gasteiger partial charge >= 0.3 is 5.97 Å². The number of carboxylic acid groups (broad SMARTS) is 1. The number of ketones is 1. The van der Waals surface area contributed by atoms with Crippen molar-refractivity contribution in [3.8, 4) is 0 Å². The number of anilines is 1. The van der Waals surface area contributed by atoms with Crippen LogP contribution in [0.1, 0.15) is 71.4 Å². The van der Waals surface area contributed by atoms with Gasteiger partial charge in [-0.25, -0.2) is 8.42 Å². The number of aliphatic hydroxyl groups is 1. The highest BCUT2D eigenvalue weighted by Crippen LogP contribution is 2.49. The molecule has 2 N–H and O–H groups in total. The Hall–Kier alpha value is -4.02. The monoisotopic (exact) mass is 618 g/mol. The van der Waals surface area contributed by atoms with Gasteiger partial charge in [-0.1, -0.05) is 32.0 Å². The maximum Gasteiger partial charge on any atom is 0.303 e. The van der Waals surface area contributed by atoms with E-state index in [1.807, 2.05) is 43.9 Å². The van der Waals surface area contributed by atoms with Crippen LogP contribution in [0.5, 0.6) is 0 Å². The zero-order chi connectivity index (χ0) is 32.2. The number of benzene rings is 2. The highest BCUT2D eigenvalue weighted by Gasteiger charge is 2.47. The van der Waals surface area contributed by atoms with E-state index in [1.165, 1.54) is 12.1 Å². The van der Waals surface area contributed by atoms with Gasteiger partial charge in [0.2, 0.25) is 11.5 Å². The standard InChI is InChI=1S/C34H38N2O7S/c1-6-35-27-16-15-21(44(41,42)43)18-25(27)34(4,5)28(35)19-22-31(39)23(32(22)40)20-29-33(2,3)24-12-9-10-13-26(24)36(29)17-11-7-8-14-30(37)38/h9-10,12-13,15-16,18-20H,6-8,11,14,17H2,1-5H3,(H2-,37,38,39,40,41,42,43). The molecule has 0 spiro atoms. The first kappa shape index (κ1) is 31.4. The fourth-order valence-corrected chi connectivity index (χ4v) is 7.16. The predicted octanol–water partition coefficient (Wildman–Crippen LogP) is 5.63. The lowest BCUT2D eigenvalue weighted by Gasteiger charge is -2.28. The minimum absolute atomic E-state index is 0.103. The first-order valence-electron chi connectivity index (χ1n) is 14.9. The molecule has 0 amide bonds. The zero-order valence-electron chi connectivity index (χ0n) is 25.7. The van der Waals surface area contributed by atoms with Crippen LogP contribution < -0.4 is 4.90 Å². The number of allylic oxidation sites excluding steroid dienone is 5. The first-order valence-corrected chi connectivity index (χ1v) is 16.3. The second-order valence-electron chi connectivity index (χ2n) is 12.6. The third kappa shape index (κ3) is 5.20. The van der Waals surface area contributed by atoms with Gasteiger partial charge in [-0.15, -0.1) is 0 Å². The SMILES string of the molecule is CCN1C(=CC2=C(O)C(=CC3=[N+](CCCCCC(=O)O)c4ccccc4C3(C)C)C2=O)C(C)(C)c2cc(S(=O)(=O)[O-])ccc21. The number of carbonyl (C=O) groups is 2. The fraction of sp³-hybridized carbons (Fsp3) is 0.382. The number of fused-ring (bicyclic) bond motifs is 2. The maximum atomic E-state index is 13.6. The Balaban J connectivity index is 1.52. The Morgan fingerprint density at radius 2 is 1.70 bits per heavy atom. The van der Waals surface area contributed by atoms with Crippen LogP contribution in [0.25, 0.3) is 0 Å². The van der Waals surface area contributed by atoms with E-state index in [9.17, 15) is 27.7 Å². The highest BCUT2D eigenvalue weighted by molar-refractivity contribution is 7.85. The van der Waals surface area contributed by atoms with Crippen molar-refractivity contribution < 1.29 is 37.3 Å². The number of hydrogen-bond acceptors (Lipinski definition) is 7. The molecule has 0 saturated heterocycles. The highest BCUT2D eigenvalue weighted by atomic mass is 32.2. The zero-order valence-corrected chi connectivity index (χ0v) is 26.5. The third-order valence-corrected chi connectivity index (χ3v) is 9.93. The molecule has 0 saturated carbocycles. The van der Waals surface area contributed by atoms with Crippen molar-refractivity contribution in [2.24, 2.45) is 0 Å². The molecule has 0 radical (unpaired) electrons. The molecular weight excluding hydrogens is 580 g/mol. The van der Waals surface area contributed by atoms with Crippen molar-refractivity contribution in [3.63, 3.8) is 0 Å².